The SMILES string of the molecule is CS(=O)(=O)c1scc2nc(OCc3ccc(F)cc3)c(C(F)(F)F)nc12. The van der Waals surface area contributed by atoms with E-state index in [0.717, 1.165) is 29.7 Å². The highest BCUT2D eigenvalue weighted by Crippen LogP contribution is 2.37. The molecule has 1 aromatic carbocycles. The molecule has 0 unspecified atom stereocenters. The molecule has 5 nitrogen and oxygen atoms in total. The highest BCUT2D eigenvalue weighted by molar-refractivity contribution is 7.93. The number of benzene rings is 1. The van der Waals surface area contributed by atoms with Crippen LogP contribution in [0, 0.1) is 5.82 Å². The van der Waals surface area contributed by atoms with Crippen LogP contribution in [0.4, 0.5) is 17.6 Å². The van der Waals surface area contributed by atoms with E-state index in [1.807, 2.05) is 0 Å². The molecule has 0 fully saturated rings. The van der Waals surface area contributed by atoms with Crippen LogP contribution >= 0.6 is 11.3 Å². The van der Waals surface area contributed by atoms with Crippen LogP contribution in [-0.4, -0.2) is 24.6 Å². The Morgan fingerprint density at radius 2 is 1.81 bits per heavy atom. The third-order valence-corrected chi connectivity index (χ3v) is 6.07. The number of nitrogens with zero attached hydrogens (tertiary/aromatic N) is 2. The van der Waals surface area contributed by atoms with Crippen LogP contribution in [0.3, 0.4) is 0 Å². The van der Waals surface area contributed by atoms with Gasteiger partial charge in [0.15, 0.2) is 9.84 Å². The van der Waals surface area contributed by atoms with Crippen LogP contribution in [-0.2, 0) is 22.6 Å². The van der Waals surface area contributed by atoms with Crippen molar-refractivity contribution in [3.8, 4) is 5.88 Å². The standard InChI is InChI=1S/C15H10F4N2O3S2/c1-26(22,23)14-11-10(7-25-14)20-13(12(21-11)15(17,18)19)24-6-8-2-4-9(16)5-3-8/h2-5,7H,6H2,1H3. The molecule has 0 aliphatic carbocycles. The fourth-order valence-electron chi connectivity index (χ4n) is 2.11. The molecule has 0 radical (unpaired) electrons. The lowest BCUT2D eigenvalue weighted by atomic mass is 10.2. The normalized spacial score (nSPS) is 12.5. The zero-order chi connectivity index (χ0) is 19.1. The van der Waals surface area contributed by atoms with Gasteiger partial charge in [0.2, 0.25) is 11.6 Å². The zero-order valence-electron chi connectivity index (χ0n) is 13.0. The number of hydrogen-bond acceptors (Lipinski definition) is 6. The predicted molar refractivity (Wildman–Crippen MR) is 86.3 cm³/mol. The van der Waals surface area contributed by atoms with Crippen molar-refractivity contribution in [3.05, 3.63) is 46.7 Å². The Balaban J connectivity index is 2.04. The van der Waals surface area contributed by atoms with Crippen LogP contribution in [0.5, 0.6) is 5.88 Å². The number of thiophene rings is 1. The summed E-state index contributed by atoms with van der Waals surface area (Å²) in [4.78, 5) is 7.23. The summed E-state index contributed by atoms with van der Waals surface area (Å²) in [6, 6.07) is 5.02. The van der Waals surface area contributed by atoms with Crippen LogP contribution < -0.4 is 4.74 Å². The first-order valence-corrected chi connectivity index (χ1v) is 9.76. The fourth-order valence-corrected chi connectivity index (χ4v) is 4.10. The van der Waals surface area contributed by atoms with E-state index >= 15 is 0 Å². The van der Waals surface area contributed by atoms with Crippen molar-refractivity contribution < 1.29 is 30.7 Å². The highest BCUT2D eigenvalue weighted by Gasteiger charge is 2.39. The van der Waals surface area contributed by atoms with Crippen LogP contribution in [0.15, 0.2) is 33.9 Å². The minimum atomic E-state index is -4.89. The second-order valence-electron chi connectivity index (χ2n) is 5.32. The number of halogens is 4. The number of ether oxygens (including phenoxy) is 1. The maximum absolute atomic E-state index is 13.3. The monoisotopic (exact) mass is 406 g/mol. The summed E-state index contributed by atoms with van der Waals surface area (Å²) >= 11 is 0.736. The van der Waals surface area contributed by atoms with Crippen molar-refractivity contribution in [2.75, 3.05) is 6.26 Å². The molecule has 0 bridgehead atoms. The smallest absolute Gasteiger partial charge is 0.438 e. The molecule has 0 amide bonds. The van der Waals surface area contributed by atoms with E-state index < -0.39 is 33.4 Å². The predicted octanol–water partition coefficient (Wildman–Crippen LogP) is 3.83. The third-order valence-electron chi connectivity index (χ3n) is 3.26. The van der Waals surface area contributed by atoms with E-state index in [4.69, 9.17) is 4.74 Å². The first-order valence-electron chi connectivity index (χ1n) is 6.99. The molecule has 2 heterocycles. The Bertz CT molecular complexity index is 1060. The number of alkyl halides is 3. The second kappa shape index (κ2) is 6.47. The van der Waals surface area contributed by atoms with Gasteiger partial charge in [0.1, 0.15) is 27.7 Å². The molecular weight excluding hydrogens is 396 g/mol. The topological polar surface area (TPSA) is 69.2 Å². The molecule has 0 aliphatic heterocycles. The molecule has 0 saturated heterocycles. The van der Waals surface area contributed by atoms with Crippen molar-refractivity contribution in [2.24, 2.45) is 0 Å². The summed E-state index contributed by atoms with van der Waals surface area (Å²) in [5, 5.41) is 1.30. The summed E-state index contributed by atoms with van der Waals surface area (Å²) < 4.78 is 81.0. The van der Waals surface area contributed by atoms with Crippen molar-refractivity contribution in [1.82, 2.24) is 9.97 Å². The summed E-state index contributed by atoms with van der Waals surface area (Å²) in [6.07, 6.45) is -4.01. The Kier molecular flexibility index (Phi) is 4.61. The summed E-state index contributed by atoms with van der Waals surface area (Å²) in [5.74, 6) is -1.26. The van der Waals surface area contributed by atoms with Crippen molar-refractivity contribution in [3.63, 3.8) is 0 Å². The summed E-state index contributed by atoms with van der Waals surface area (Å²) in [6.45, 7) is -0.285. The summed E-state index contributed by atoms with van der Waals surface area (Å²) in [7, 11) is -3.75. The van der Waals surface area contributed by atoms with Crippen molar-refractivity contribution in [1.29, 1.82) is 0 Å². The molecule has 2 aromatic heterocycles. The molecule has 26 heavy (non-hydrogen) atoms. The highest BCUT2D eigenvalue weighted by atomic mass is 32.2. The van der Waals surface area contributed by atoms with E-state index in [2.05, 4.69) is 9.97 Å². The van der Waals surface area contributed by atoms with Crippen LogP contribution in [0.25, 0.3) is 11.0 Å². The van der Waals surface area contributed by atoms with Gasteiger partial charge >= 0.3 is 6.18 Å². The average molecular weight is 406 g/mol. The lowest BCUT2D eigenvalue weighted by Crippen LogP contribution is -2.13. The van der Waals surface area contributed by atoms with Gasteiger partial charge in [-0.3, -0.25) is 0 Å². The van der Waals surface area contributed by atoms with Gasteiger partial charge in [-0.25, -0.2) is 22.8 Å². The van der Waals surface area contributed by atoms with Gasteiger partial charge in [-0.15, -0.1) is 11.3 Å². The minimum absolute atomic E-state index is 0.0162. The quantitative estimate of drug-likeness (QED) is 0.616. The first-order chi connectivity index (χ1) is 12.1. The zero-order valence-corrected chi connectivity index (χ0v) is 14.7. The molecule has 0 saturated carbocycles. The largest absolute Gasteiger partial charge is 0.471 e. The van der Waals surface area contributed by atoms with Crippen LogP contribution in [0.2, 0.25) is 0 Å². The van der Waals surface area contributed by atoms with Gasteiger partial charge < -0.3 is 4.74 Å². The second-order valence-corrected chi connectivity index (χ2v) is 8.41. The van der Waals surface area contributed by atoms with Gasteiger partial charge in [-0.1, -0.05) is 12.1 Å². The Morgan fingerprint density at radius 3 is 2.38 bits per heavy atom. The van der Waals surface area contributed by atoms with Gasteiger partial charge in [-0.05, 0) is 17.7 Å². The molecule has 0 atom stereocenters. The molecule has 0 aliphatic rings. The van der Waals surface area contributed by atoms with Gasteiger partial charge in [0.05, 0.1) is 0 Å². The maximum Gasteiger partial charge on any atom is 0.438 e. The van der Waals surface area contributed by atoms with Crippen molar-refractivity contribution in [2.45, 2.75) is 17.0 Å². The third kappa shape index (κ3) is 3.78. The lowest BCUT2D eigenvalue weighted by Gasteiger charge is -2.12. The van der Waals surface area contributed by atoms with Gasteiger partial charge in [0.25, 0.3) is 0 Å². The van der Waals surface area contributed by atoms with Gasteiger partial charge in [-0.2, -0.15) is 13.2 Å². The molecule has 3 rings (SSSR count). The molecule has 0 N–H and O–H groups in total. The maximum atomic E-state index is 13.3. The fraction of sp³-hybridized carbons (Fsp3) is 0.200. The van der Waals surface area contributed by atoms with E-state index in [1.54, 1.807) is 0 Å². The van der Waals surface area contributed by atoms with E-state index in [-0.39, 0.29) is 21.8 Å². The number of rotatable bonds is 4. The van der Waals surface area contributed by atoms with E-state index in [1.165, 1.54) is 17.5 Å². The molecule has 3 aromatic rings. The number of aromatic nitrogens is 2. The Morgan fingerprint density at radius 1 is 1.15 bits per heavy atom. The minimum Gasteiger partial charge on any atom is -0.471 e. The number of sulfone groups is 1. The Hall–Kier alpha value is -2.27. The van der Waals surface area contributed by atoms with Gasteiger partial charge in [0, 0.05) is 11.6 Å². The van der Waals surface area contributed by atoms with E-state index in [9.17, 15) is 26.0 Å². The molecule has 138 valence electrons. The lowest BCUT2D eigenvalue weighted by molar-refractivity contribution is -0.142. The van der Waals surface area contributed by atoms with E-state index in [0.29, 0.717) is 5.56 Å². The number of hydrogen-bond donors (Lipinski definition) is 0. The Labute approximate surface area is 149 Å². The molecular formula is C15H10F4N2O3S2. The van der Waals surface area contributed by atoms with Crippen molar-refractivity contribution >= 4 is 32.2 Å². The van der Waals surface area contributed by atoms with Crippen LogP contribution in [0.1, 0.15) is 11.3 Å². The number of fused-ring (bicyclic) bond motifs is 1. The average Bonchev–Trinajstić information content (AvgIpc) is 2.95. The molecule has 11 heteroatoms. The summed E-state index contributed by atoms with van der Waals surface area (Å²) in [5.41, 5.74) is -1.35. The first kappa shape index (κ1) is 18.5. The molecule has 0 spiro atoms.